The Balaban J connectivity index is 2.34. The van der Waals surface area contributed by atoms with Gasteiger partial charge in [0.1, 0.15) is 6.20 Å². The smallest absolute Gasteiger partial charge is 0.234 e. The number of aromatic nitrogens is 3. The van der Waals surface area contributed by atoms with Gasteiger partial charge in [-0.25, -0.2) is 4.79 Å². The first-order chi connectivity index (χ1) is 7.86. The molecular weight excluding hydrogens is 202 g/mol. The standard InChI is InChI=1S/C12H9N3O/c16-12-11-8-4-5-9-14(11)13-15(12)10-6-2-1-3-7-10/h1-9H/p+1. The number of pyridine rings is 1. The van der Waals surface area contributed by atoms with Crippen LogP contribution in [0.3, 0.4) is 0 Å². The summed E-state index contributed by atoms with van der Waals surface area (Å²) in [6.45, 7) is 0. The van der Waals surface area contributed by atoms with Gasteiger partial charge in [-0.15, -0.1) is 4.52 Å². The second-order valence-electron chi connectivity index (χ2n) is 3.53. The molecule has 0 saturated carbocycles. The molecule has 2 heterocycles. The van der Waals surface area contributed by atoms with Crippen molar-refractivity contribution in [3.8, 4) is 5.69 Å². The molecule has 0 aliphatic carbocycles. The van der Waals surface area contributed by atoms with E-state index in [0.717, 1.165) is 5.69 Å². The van der Waals surface area contributed by atoms with Gasteiger partial charge in [-0.2, -0.15) is 0 Å². The Morgan fingerprint density at radius 2 is 1.75 bits per heavy atom. The van der Waals surface area contributed by atoms with Crippen molar-refractivity contribution < 1.29 is 4.52 Å². The van der Waals surface area contributed by atoms with Crippen LogP contribution in [-0.2, 0) is 0 Å². The first-order valence-electron chi connectivity index (χ1n) is 5.03. The first-order valence-corrected chi connectivity index (χ1v) is 5.03. The average Bonchev–Trinajstić information content (AvgIpc) is 2.69. The zero-order valence-electron chi connectivity index (χ0n) is 8.50. The molecule has 4 heteroatoms. The van der Waals surface area contributed by atoms with Crippen molar-refractivity contribution in [1.82, 2.24) is 9.90 Å². The van der Waals surface area contributed by atoms with Crippen LogP contribution in [0.5, 0.6) is 0 Å². The molecule has 16 heavy (non-hydrogen) atoms. The number of para-hydroxylation sites is 1. The van der Waals surface area contributed by atoms with Gasteiger partial charge in [0.15, 0.2) is 5.69 Å². The Kier molecular flexibility index (Phi) is 1.86. The summed E-state index contributed by atoms with van der Waals surface area (Å²) in [5.74, 6) is 0. The van der Waals surface area contributed by atoms with Crippen LogP contribution < -0.4 is 10.1 Å². The summed E-state index contributed by atoms with van der Waals surface area (Å²) in [4.78, 5) is 12.0. The van der Waals surface area contributed by atoms with Crippen molar-refractivity contribution in [3.05, 3.63) is 65.1 Å². The van der Waals surface area contributed by atoms with E-state index >= 15 is 0 Å². The van der Waals surface area contributed by atoms with E-state index in [1.165, 1.54) is 4.68 Å². The van der Waals surface area contributed by atoms with E-state index in [4.69, 9.17) is 0 Å². The van der Waals surface area contributed by atoms with Gasteiger partial charge in [-0.05, 0) is 24.3 Å². The molecule has 0 amide bonds. The lowest BCUT2D eigenvalue weighted by atomic mass is 10.3. The molecule has 0 aliphatic heterocycles. The fourth-order valence-corrected chi connectivity index (χ4v) is 1.72. The molecule has 0 saturated heterocycles. The van der Waals surface area contributed by atoms with Crippen molar-refractivity contribution >= 4 is 5.52 Å². The lowest BCUT2D eigenvalue weighted by Crippen LogP contribution is -2.23. The Morgan fingerprint density at radius 3 is 2.50 bits per heavy atom. The normalized spacial score (nSPS) is 10.8. The highest BCUT2D eigenvalue weighted by Crippen LogP contribution is 2.01. The summed E-state index contributed by atoms with van der Waals surface area (Å²) in [7, 11) is 0. The van der Waals surface area contributed by atoms with E-state index in [2.05, 4.69) is 5.21 Å². The van der Waals surface area contributed by atoms with Crippen LogP contribution >= 0.6 is 0 Å². The monoisotopic (exact) mass is 212 g/mol. The van der Waals surface area contributed by atoms with E-state index in [0.29, 0.717) is 5.52 Å². The molecule has 2 aromatic heterocycles. The number of benzene rings is 1. The maximum atomic E-state index is 12.0. The van der Waals surface area contributed by atoms with Crippen LogP contribution in [0, 0.1) is 0 Å². The van der Waals surface area contributed by atoms with E-state index in [9.17, 15) is 4.79 Å². The molecule has 3 rings (SSSR count). The zero-order valence-corrected chi connectivity index (χ0v) is 8.50. The molecular formula is C12H10N3O+. The largest absolute Gasteiger partial charge is 0.406 e. The molecule has 0 atom stereocenters. The fraction of sp³-hybridized carbons (Fsp3) is 0. The molecule has 1 N–H and O–H groups in total. The average molecular weight is 212 g/mol. The Morgan fingerprint density at radius 1 is 1.00 bits per heavy atom. The van der Waals surface area contributed by atoms with Crippen molar-refractivity contribution in [2.24, 2.45) is 0 Å². The van der Waals surface area contributed by atoms with E-state index in [1.807, 2.05) is 48.7 Å². The Labute approximate surface area is 91.4 Å². The summed E-state index contributed by atoms with van der Waals surface area (Å²) < 4.78 is 3.23. The van der Waals surface area contributed by atoms with Crippen molar-refractivity contribution in [3.63, 3.8) is 0 Å². The molecule has 78 valence electrons. The second kappa shape index (κ2) is 3.34. The maximum absolute atomic E-state index is 12.0. The molecule has 3 aromatic rings. The highest BCUT2D eigenvalue weighted by atomic mass is 16.1. The number of hydrogen-bond donors (Lipinski definition) is 1. The van der Waals surface area contributed by atoms with Crippen LogP contribution in [-0.4, -0.2) is 9.90 Å². The topological polar surface area (TPSA) is 41.9 Å². The third-order valence-corrected chi connectivity index (χ3v) is 2.50. The van der Waals surface area contributed by atoms with Crippen LogP contribution in [0.25, 0.3) is 11.2 Å². The minimum absolute atomic E-state index is 0.0493. The van der Waals surface area contributed by atoms with Gasteiger partial charge in [0.05, 0.1) is 0 Å². The van der Waals surface area contributed by atoms with Crippen LogP contribution in [0.2, 0.25) is 0 Å². The molecule has 0 aliphatic rings. The van der Waals surface area contributed by atoms with E-state index < -0.39 is 0 Å². The van der Waals surface area contributed by atoms with Crippen LogP contribution in [0.4, 0.5) is 0 Å². The first kappa shape index (κ1) is 8.91. The summed E-state index contributed by atoms with van der Waals surface area (Å²) in [5, 5.41) is 3.00. The number of aromatic amines is 1. The highest BCUT2D eigenvalue weighted by molar-refractivity contribution is 5.39. The number of hydrogen-bond acceptors (Lipinski definition) is 1. The lowest BCUT2D eigenvalue weighted by Gasteiger charge is -1.90. The Bertz CT molecular complexity index is 682. The van der Waals surface area contributed by atoms with Gasteiger partial charge >= 0.3 is 5.56 Å². The molecule has 0 radical (unpaired) electrons. The molecule has 4 nitrogen and oxygen atoms in total. The number of H-pyrrole nitrogens is 1. The summed E-state index contributed by atoms with van der Waals surface area (Å²) in [6.07, 6.45) is 1.82. The summed E-state index contributed by atoms with van der Waals surface area (Å²) in [6, 6.07) is 15.0. The molecule has 0 fully saturated rings. The molecule has 0 bridgehead atoms. The minimum Gasteiger partial charge on any atom is -0.234 e. The SMILES string of the molecule is O=c1c2cccc[n+]2[nH]n1-c1ccccc1. The van der Waals surface area contributed by atoms with Crippen molar-refractivity contribution in [2.75, 3.05) is 0 Å². The summed E-state index contributed by atoms with van der Waals surface area (Å²) in [5.41, 5.74) is 1.41. The van der Waals surface area contributed by atoms with E-state index in [1.54, 1.807) is 10.6 Å². The highest BCUT2D eigenvalue weighted by Gasteiger charge is 2.14. The number of rotatable bonds is 1. The van der Waals surface area contributed by atoms with E-state index in [-0.39, 0.29) is 5.56 Å². The van der Waals surface area contributed by atoms with Gasteiger partial charge in [0.2, 0.25) is 5.52 Å². The number of nitrogens with one attached hydrogen (secondary N) is 1. The minimum atomic E-state index is -0.0493. The maximum Gasteiger partial charge on any atom is 0.406 e. The van der Waals surface area contributed by atoms with Crippen LogP contribution in [0.1, 0.15) is 0 Å². The quantitative estimate of drug-likeness (QED) is 0.598. The molecule has 0 unspecified atom stereocenters. The molecule has 0 spiro atoms. The third-order valence-electron chi connectivity index (χ3n) is 2.50. The second-order valence-corrected chi connectivity index (χ2v) is 3.53. The van der Waals surface area contributed by atoms with Crippen LogP contribution in [0.15, 0.2) is 59.5 Å². The number of fused-ring (bicyclic) bond motifs is 1. The predicted molar refractivity (Wildman–Crippen MR) is 59.5 cm³/mol. The van der Waals surface area contributed by atoms with Gasteiger partial charge in [-0.3, -0.25) is 0 Å². The fourth-order valence-electron chi connectivity index (χ4n) is 1.72. The third kappa shape index (κ3) is 1.24. The summed E-state index contributed by atoms with van der Waals surface area (Å²) >= 11 is 0. The number of nitrogens with zero attached hydrogens (tertiary/aromatic N) is 2. The van der Waals surface area contributed by atoms with Gasteiger partial charge < -0.3 is 0 Å². The predicted octanol–water partition coefficient (Wildman–Crippen LogP) is 0.904. The van der Waals surface area contributed by atoms with Gasteiger partial charge in [-0.1, -0.05) is 34.2 Å². The zero-order chi connectivity index (χ0) is 11.0. The van der Waals surface area contributed by atoms with Crippen molar-refractivity contribution in [1.29, 1.82) is 0 Å². The van der Waals surface area contributed by atoms with Crippen molar-refractivity contribution in [2.45, 2.75) is 0 Å². The van der Waals surface area contributed by atoms with Gasteiger partial charge in [0.25, 0.3) is 0 Å². The molecule has 1 aromatic carbocycles. The Hall–Kier alpha value is -2.36. The van der Waals surface area contributed by atoms with Gasteiger partial charge in [0, 0.05) is 0 Å². The lowest BCUT2D eigenvalue weighted by molar-refractivity contribution is -0.583.